The number of rotatable bonds is 6. The monoisotopic (exact) mass is 436 g/mol. The number of benzene rings is 2. The van der Waals surface area contributed by atoms with Crippen LogP contribution in [0.1, 0.15) is 24.4 Å². The summed E-state index contributed by atoms with van der Waals surface area (Å²) in [5, 5.41) is 3.25. The Morgan fingerprint density at radius 2 is 1.57 bits per heavy atom. The van der Waals surface area contributed by atoms with E-state index in [9.17, 15) is 13.2 Å². The number of para-hydroxylation sites is 1. The molecule has 1 fully saturated rings. The first-order valence-electron chi connectivity index (χ1n) is 8.86. The van der Waals surface area contributed by atoms with Crippen molar-refractivity contribution in [2.24, 2.45) is 0 Å². The summed E-state index contributed by atoms with van der Waals surface area (Å²) in [6.45, 7) is 3.07. The number of nitrogens with zero attached hydrogens (tertiary/aromatic N) is 1. The summed E-state index contributed by atoms with van der Waals surface area (Å²) in [5.74, 6) is 1.35. The van der Waals surface area contributed by atoms with Crippen LogP contribution >= 0.6 is 24.8 Å². The molecule has 1 aliphatic rings. The summed E-state index contributed by atoms with van der Waals surface area (Å²) >= 11 is 0. The van der Waals surface area contributed by atoms with Crippen molar-refractivity contribution in [1.29, 1.82) is 0 Å². The molecular weight excluding hydrogens is 412 g/mol. The Hall–Kier alpha value is -1.47. The molecule has 2 aromatic rings. The van der Waals surface area contributed by atoms with E-state index in [4.69, 9.17) is 4.74 Å². The molecule has 0 bridgehead atoms. The molecule has 1 heterocycles. The van der Waals surface area contributed by atoms with Gasteiger partial charge < -0.3 is 10.1 Å². The van der Waals surface area contributed by atoms with Gasteiger partial charge in [0.25, 0.3) is 0 Å². The zero-order valence-corrected chi connectivity index (χ0v) is 17.0. The predicted octanol–water partition coefficient (Wildman–Crippen LogP) is 5.61. The van der Waals surface area contributed by atoms with E-state index in [1.165, 1.54) is 0 Å². The fraction of sp³-hybridized carbons (Fsp3) is 0.400. The minimum atomic E-state index is -4.15. The fourth-order valence-corrected chi connectivity index (χ4v) is 3.26. The third-order valence-corrected chi connectivity index (χ3v) is 4.52. The van der Waals surface area contributed by atoms with Gasteiger partial charge in [-0.2, -0.15) is 13.2 Å². The van der Waals surface area contributed by atoms with Crippen molar-refractivity contribution in [3.63, 3.8) is 0 Å². The lowest BCUT2D eigenvalue weighted by molar-refractivity contribution is -0.138. The van der Waals surface area contributed by atoms with Crippen molar-refractivity contribution in [2.75, 3.05) is 26.2 Å². The number of ether oxygens (including phenoxy) is 1. The summed E-state index contributed by atoms with van der Waals surface area (Å²) in [6.07, 6.45) is -4.88. The van der Waals surface area contributed by atoms with Gasteiger partial charge in [0.05, 0.1) is 0 Å². The molecule has 0 aliphatic carbocycles. The lowest BCUT2D eigenvalue weighted by Crippen LogP contribution is -2.45. The molecule has 1 N–H and O–H groups in total. The van der Waals surface area contributed by atoms with Crippen molar-refractivity contribution in [3.05, 3.63) is 60.2 Å². The molecule has 3 rings (SSSR count). The Morgan fingerprint density at radius 1 is 0.929 bits per heavy atom. The summed E-state index contributed by atoms with van der Waals surface area (Å²) < 4.78 is 44.3. The minimum absolute atomic E-state index is 0. The Balaban J connectivity index is 0.00000196. The summed E-state index contributed by atoms with van der Waals surface area (Å²) in [4.78, 5) is 2.13. The van der Waals surface area contributed by atoms with Crippen molar-refractivity contribution < 1.29 is 17.9 Å². The van der Waals surface area contributed by atoms with E-state index in [2.05, 4.69) is 10.2 Å². The zero-order valence-electron chi connectivity index (χ0n) is 15.3. The summed E-state index contributed by atoms with van der Waals surface area (Å²) in [5.41, 5.74) is 0.865. The molecule has 0 amide bonds. The second-order valence-electron chi connectivity index (χ2n) is 6.44. The molecular formula is C20H25Cl2F3N2O. The lowest BCUT2D eigenvalue weighted by atomic mass is 9.99. The maximum absolute atomic E-state index is 12.8. The fourth-order valence-electron chi connectivity index (χ4n) is 3.26. The number of nitrogens with one attached hydrogen (secondary N) is 1. The maximum atomic E-state index is 12.8. The standard InChI is InChI=1S/C20H23F3N2O.2ClH/c21-20(22,23)10-9-19(25-13-11-24-12-14-25)16-5-4-8-18(15-16)26-17-6-2-1-3-7-17;;/h1-8,15,19,24H,9-14H2;2*1H/t19-;;/m0../s1. The van der Waals surface area contributed by atoms with Crippen molar-refractivity contribution in [3.8, 4) is 11.5 Å². The molecule has 2 aromatic carbocycles. The van der Waals surface area contributed by atoms with Gasteiger partial charge in [-0.15, -0.1) is 24.8 Å². The largest absolute Gasteiger partial charge is 0.457 e. The first-order chi connectivity index (χ1) is 12.5. The summed E-state index contributed by atoms with van der Waals surface area (Å²) in [7, 11) is 0. The Bertz CT molecular complexity index is 695. The molecule has 28 heavy (non-hydrogen) atoms. The van der Waals surface area contributed by atoms with Crippen LogP contribution in [0.4, 0.5) is 13.2 Å². The molecule has 0 radical (unpaired) electrons. The van der Waals surface area contributed by atoms with Crippen LogP contribution in [-0.4, -0.2) is 37.3 Å². The topological polar surface area (TPSA) is 24.5 Å². The zero-order chi connectivity index (χ0) is 18.4. The molecule has 0 saturated carbocycles. The average Bonchev–Trinajstić information content (AvgIpc) is 2.63. The van der Waals surface area contributed by atoms with Crippen LogP contribution in [0.15, 0.2) is 54.6 Å². The van der Waals surface area contributed by atoms with Gasteiger partial charge in [0.1, 0.15) is 11.5 Å². The average molecular weight is 437 g/mol. The number of hydrogen-bond acceptors (Lipinski definition) is 3. The normalized spacial score (nSPS) is 15.8. The number of piperazine rings is 1. The molecule has 156 valence electrons. The van der Waals surface area contributed by atoms with E-state index in [1.807, 2.05) is 54.6 Å². The highest BCUT2D eigenvalue weighted by atomic mass is 35.5. The van der Waals surface area contributed by atoms with Gasteiger partial charge in [-0.05, 0) is 36.2 Å². The van der Waals surface area contributed by atoms with E-state index in [0.29, 0.717) is 11.5 Å². The van der Waals surface area contributed by atoms with Crippen LogP contribution in [0, 0.1) is 0 Å². The maximum Gasteiger partial charge on any atom is 0.389 e. The van der Waals surface area contributed by atoms with Crippen LogP contribution in [0.25, 0.3) is 0 Å². The highest BCUT2D eigenvalue weighted by Crippen LogP contribution is 2.33. The molecule has 0 spiro atoms. The smallest absolute Gasteiger partial charge is 0.389 e. The SMILES string of the molecule is Cl.Cl.FC(F)(F)CC[C@@H](c1cccc(Oc2ccccc2)c1)N1CCNCC1. The highest BCUT2D eigenvalue weighted by Gasteiger charge is 2.31. The van der Waals surface area contributed by atoms with Crippen LogP contribution in [0.5, 0.6) is 11.5 Å². The van der Waals surface area contributed by atoms with Gasteiger partial charge in [0, 0.05) is 38.6 Å². The molecule has 8 heteroatoms. The molecule has 3 nitrogen and oxygen atoms in total. The highest BCUT2D eigenvalue weighted by molar-refractivity contribution is 5.85. The van der Waals surface area contributed by atoms with Crippen molar-refractivity contribution in [1.82, 2.24) is 10.2 Å². The first-order valence-corrected chi connectivity index (χ1v) is 8.86. The van der Waals surface area contributed by atoms with E-state index in [0.717, 1.165) is 31.7 Å². The third-order valence-electron chi connectivity index (χ3n) is 4.52. The Kier molecular flexibility index (Phi) is 10.1. The van der Waals surface area contributed by atoms with Gasteiger partial charge in [-0.25, -0.2) is 0 Å². The lowest BCUT2D eigenvalue weighted by Gasteiger charge is -2.35. The molecule has 1 atom stereocenters. The van der Waals surface area contributed by atoms with Crippen molar-refractivity contribution in [2.45, 2.75) is 25.1 Å². The van der Waals surface area contributed by atoms with E-state index in [-0.39, 0.29) is 37.3 Å². The van der Waals surface area contributed by atoms with E-state index < -0.39 is 12.6 Å². The second-order valence-corrected chi connectivity index (χ2v) is 6.44. The second kappa shape index (κ2) is 11.5. The number of halogens is 5. The van der Waals surface area contributed by atoms with Gasteiger partial charge in [-0.3, -0.25) is 4.90 Å². The van der Waals surface area contributed by atoms with Crippen LogP contribution in [0.3, 0.4) is 0 Å². The molecule has 1 saturated heterocycles. The minimum Gasteiger partial charge on any atom is -0.457 e. The number of hydrogen-bond donors (Lipinski definition) is 1. The van der Waals surface area contributed by atoms with Crippen LogP contribution < -0.4 is 10.1 Å². The van der Waals surface area contributed by atoms with Gasteiger partial charge in [0.2, 0.25) is 0 Å². The Labute approximate surface area is 176 Å². The third kappa shape index (κ3) is 7.51. The summed E-state index contributed by atoms with van der Waals surface area (Å²) in [6, 6.07) is 16.5. The first kappa shape index (κ1) is 24.6. The molecule has 0 unspecified atom stereocenters. The van der Waals surface area contributed by atoms with E-state index in [1.54, 1.807) is 0 Å². The Morgan fingerprint density at radius 3 is 2.21 bits per heavy atom. The van der Waals surface area contributed by atoms with E-state index >= 15 is 0 Å². The molecule has 1 aliphatic heterocycles. The van der Waals surface area contributed by atoms with Gasteiger partial charge in [0.15, 0.2) is 0 Å². The van der Waals surface area contributed by atoms with Gasteiger partial charge >= 0.3 is 6.18 Å². The predicted molar refractivity (Wildman–Crippen MR) is 110 cm³/mol. The van der Waals surface area contributed by atoms with Crippen LogP contribution in [-0.2, 0) is 0 Å². The number of alkyl halides is 3. The quantitative estimate of drug-likeness (QED) is 0.636. The van der Waals surface area contributed by atoms with Gasteiger partial charge in [-0.1, -0.05) is 30.3 Å². The molecule has 0 aromatic heterocycles. The van der Waals surface area contributed by atoms with Crippen LogP contribution in [0.2, 0.25) is 0 Å². The van der Waals surface area contributed by atoms with Crippen molar-refractivity contribution >= 4 is 24.8 Å².